The van der Waals surface area contributed by atoms with Crippen molar-refractivity contribution in [3.63, 3.8) is 0 Å². The summed E-state index contributed by atoms with van der Waals surface area (Å²) in [6.45, 7) is 3.82. The minimum Gasteiger partial charge on any atom is -0.452 e. The lowest BCUT2D eigenvalue weighted by Crippen LogP contribution is -1.83. The summed E-state index contributed by atoms with van der Waals surface area (Å²) >= 11 is 0. The largest absolute Gasteiger partial charge is 0.452 e. The Morgan fingerprint density at radius 2 is 2.00 bits per heavy atom. The third-order valence-electron chi connectivity index (χ3n) is 2.21. The van der Waals surface area contributed by atoms with Gasteiger partial charge in [0, 0.05) is 12.0 Å². The maximum absolute atomic E-state index is 5.47. The molecule has 0 atom stereocenters. The van der Waals surface area contributed by atoms with E-state index in [2.05, 4.69) is 25.0 Å². The third kappa shape index (κ3) is 2.11. The van der Waals surface area contributed by atoms with Gasteiger partial charge < -0.3 is 4.42 Å². The molecule has 1 heterocycles. The van der Waals surface area contributed by atoms with Crippen LogP contribution in [0.5, 0.6) is 0 Å². The van der Waals surface area contributed by atoms with E-state index in [0.29, 0.717) is 5.76 Å². The Hall–Kier alpha value is -1.94. The highest BCUT2D eigenvalue weighted by molar-refractivity contribution is 5.36. The highest BCUT2D eigenvalue weighted by atomic mass is 16.3. The van der Waals surface area contributed by atoms with Crippen molar-refractivity contribution in [3.8, 4) is 12.3 Å². The van der Waals surface area contributed by atoms with Crippen molar-refractivity contribution >= 4 is 0 Å². The van der Waals surface area contributed by atoms with Crippen molar-refractivity contribution in [2.45, 2.75) is 6.42 Å². The van der Waals surface area contributed by atoms with Crippen molar-refractivity contribution in [3.05, 3.63) is 66.0 Å². The van der Waals surface area contributed by atoms with Crippen molar-refractivity contribution in [2.75, 3.05) is 0 Å². The van der Waals surface area contributed by atoms with Gasteiger partial charge in [-0.3, -0.25) is 0 Å². The van der Waals surface area contributed by atoms with E-state index in [9.17, 15) is 0 Å². The molecule has 0 N–H and O–H groups in total. The molecule has 2 rings (SSSR count). The van der Waals surface area contributed by atoms with Gasteiger partial charge in [0.15, 0.2) is 5.76 Å². The first kappa shape index (κ1) is 9.61. The average molecular weight is 195 g/mol. The zero-order chi connectivity index (χ0) is 10.7. The van der Waals surface area contributed by atoms with Crippen LogP contribution >= 0.6 is 0 Å². The molecule has 0 aliphatic heterocycles. The second-order valence-electron chi connectivity index (χ2n) is 3.37. The molecule has 0 unspecified atom stereocenters. The Balaban J connectivity index is 2.23. The lowest BCUT2D eigenvalue weighted by molar-refractivity contribution is 0.509. The molecule has 15 heavy (non-hydrogen) atoms. The molecule has 0 fully saturated rings. The van der Waals surface area contributed by atoms with Crippen LogP contribution in [0, 0.1) is 19.3 Å². The summed E-state index contributed by atoms with van der Waals surface area (Å²) in [6.07, 6.45) is 6.03. The van der Waals surface area contributed by atoms with E-state index < -0.39 is 0 Å². The van der Waals surface area contributed by atoms with Crippen LogP contribution in [0.2, 0.25) is 0 Å². The molecule has 1 nitrogen and oxygen atoms in total. The molecule has 0 spiro atoms. The minimum atomic E-state index is 0.529. The molecule has 0 aliphatic carbocycles. The summed E-state index contributed by atoms with van der Waals surface area (Å²) in [5.74, 6) is 3.86. The van der Waals surface area contributed by atoms with E-state index in [4.69, 9.17) is 10.8 Å². The molecule has 1 aromatic carbocycles. The van der Waals surface area contributed by atoms with E-state index in [1.807, 2.05) is 24.3 Å². The SMILES string of the molecule is C#Cc1oc(Cc2ccccc2)cc1[CH2]. The molecule has 0 saturated heterocycles. The molecule has 73 valence electrons. The van der Waals surface area contributed by atoms with Crippen LogP contribution in [0.25, 0.3) is 0 Å². The molecule has 0 saturated carbocycles. The molecule has 0 bridgehead atoms. The van der Waals surface area contributed by atoms with Crippen molar-refractivity contribution in [1.82, 2.24) is 0 Å². The van der Waals surface area contributed by atoms with E-state index in [0.717, 1.165) is 17.7 Å². The Kier molecular flexibility index (Phi) is 2.60. The monoisotopic (exact) mass is 195 g/mol. The Labute approximate surface area is 89.7 Å². The quantitative estimate of drug-likeness (QED) is 0.671. The lowest BCUT2D eigenvalue weighted by atomic mass is 10.1. The summed E-state index contributed by atoms with van der Waals surface area (Å²) in [7, 11) is 0. The van der Waals surface area contributed by atoms with Gasteiger partial charge in [-0.25, -0.2) is 0 Å². The first-order valence-corrected chi connectivity index (χ1v) is 4.75. The van der Waals surface area contributed by atoms with Crippen LogP contribution in [0.15, 0.2) is 40.8 Å². The topological polar surface area (TPSA) is 13.1 Å². The van der Waals surface area contributed by atoms with Gasteiger partial charge in [0.25, 0.3) is 0 Å². The average Bonchev–Trinajstić information content (AvgIpc) is 2.60. The van der Waals surface area contributed by atoms with Crippen LogP contribution in [-0.2, 0) is 6.42 Å². The summed E-state index contributed by atoms with van der Waals surface area (Å²) in [4.78, 5) is 0. The van der Waals surface area contributed by atoms with E-state index in [1.54, 1.807) is 0 Å². The molecule has 2 aromatic rings. The Bertz CT molecular complexity index is 486. The van der Waals surface area contributed by atoms with Gasteiger partial charge in [0.05, 0.1) is 0 Å². The highest BCUT2D eigenvalue weighted by Crippen LogP contribution is 2.16. The number of hydrogen-bond acceptors (Lipinski definition) is 1. The van der Waals surface area contributed by atoms with Crippen LogP contribution < -0.4 is 0 Å². The molecule has 1 radical (unpaired) electrons. The van der Waals surface area contributed by atoms with Crippen molar-refractivity contribution < 1.29 is 4.42 Å². The second kappa shape index (κ2) is 4.06. The fraction of sp³-hybridized carbons (Fsp3) is 0.0714. The van der Waals surface area contributed by atoms with Gasteiger partial charge in [-0.05, 0) is 24.5 Å². The fourth-order valence-electron chi connectivity index (χ4n) is 1.49. The van der Waals surface area contributed by atoms with Crippen LogP contribution in [0.1, 0.15) is 22.6 Å². The maximum atomic E-state index is 5.47. The standard InChI is InChI=1S/C14H11O/c1-3-14-11(2)9-13(15-14)10-12-7-5-4-6-8-12/h1,4-9H,2,10H2. The van der Waals surface area contributed by atoms with Crippen molar-refractivity contribution in [1.29, 1.82) is 0 Å². The number of rotatable bonds is 2. The van der Waals surface area contributed by atoms with Gasteiger partial charge in [0.2, 0.25) is 0 Å². The fourth-order valence-corrected chi connectivity index (χ4v) is 1.49. The molecule has 1 heteroatoms. The summed E-state index contributed by atoms with van der Waals surface area (Å²) in [5, 5.41) is 0. The van der Waals surface area contributed by atoms with E-state index in [-0.39, 0.29) is 0 Å². The smallest absolute Gasteiger partial charge is 0.179 e. The number of furan rings is 1. The Morgan fingerprint density at radius 1 is 1.27 bits per heavy atom. The number of hydrogen-bond donors (Lipinski definition) is 0. The van der Waals surface area contributed by atoms with Crippen LogP contribution in [0.4, 0.5) is 0 Å². The zero-order valence-corrected chi connectivity index (χ0v) is 8.36. The molecule has 0 amide bonds. The van der Waals surface area contributed by atoms with E-state index in [1.165, 1.54) is 5.56 Å². The number of benzene rings is 1. The van der Waals surface area contributed by atoms with Crippen molar-refractivity contribution in [2.24, 2.45) is 0 Å². The predicted molar refractivity (Wildman–Crippen MR) is 60.4 cm³/mol. The number of terminal acetylenes is 1. The normalized spacial score (nSPS) is 9.87. The van der Waals surface area contributed by atoms with Gasteiger partial charge >= 0.3 is 0 Å². The summed E-state index contributed by atoms with van der Waals surface area (Å²) in [6, 6.07) is 12.0. The minimum absolute atomic E-state index is 0.529. The molecule has 1 aromatic heterocycles. The predicted octanol–water partition coefficient (Wildman–Crippen LogP) is 3.03. The molecular formula is C14H11O. The van der Waals surface area contributed by atoms with Gasteiger partial charge in [-0.1, -0.05) is 30.3 Å². The summed E-state index contributed by atoms with van der Waals surface area (Å²) in [5.41, 5.74) is 1.98. The Morgan fingerprint density at radius 3 is 2.60 bits per heavy atom. The molecular weight excluding hydrogens is 184 g/mol. The van der Waals surface area contributed by atoms with Gasteiger partial charge in [-0.2, -0.15) is 0 Å². The third-order valence-corrected chi connectivity index (χ3v) is 2.21. The zero-order valence-electron chi connectivity index (χ0n) is 8.36. The highest BCUT2D eigenvalue weighted by Gasteiger charge is 2.05. The summed E-state index contributed by atoms with van der Waals surface area (Å²) < 4.78 is 5.47. The van der Waals surface area contributed by atoms with Crippen LogP contribution in [0.3, 0.4) is 0 Å². The van der Waals surface area contributed by atoms with Gasteiger partial charge in [-0.15, -0.1) is 6.42 Å². The second-order valence-corrected chi connectivity index (χ2v) is 3.37. The first-order valence-electron chi connectivity index (χ1n) is 4.75. The van der Waals surface area contributed by atoms with E-state index >= 15 is 0 Å². The lowest BCUT2D eigenvalue weighted by Gasteiger charge is -1.96. The molecule has 0 aliphatic rings. The van der Waals surface area contributed by atoms with Gasteiger partial charge in [0.1, 0.15) is 5.76 Å². The maximum Gasteiger partial charge on any atom is 0.179 e. The van der Waals surface area contributed by atoms with Crippen LogP contribution in [-0.4, -0.2) is 0 Å². The first-order chi connectivity index (χ1) is 7.29.